The summed E-state index contributed by atoms with van der Waals surface area (Å²) in [5.74, 6) is 1.62. The molecule has 4 aromatic rings. The van der Waals surface area contributed by atoms with Gasteiger partial charge in [0.05, 0.1) is 16.6 Å². The molecule has 9 heteroatoms. The van der Waals surface area contributed by atoms with Gasteiger partial charge in [0.2, 0.25) is 0 Å². The maximum Gasteiger partial charge on any atom is 0.264 e. The number of benzene rings is 2. The van der Waals surface area contributed by atoms with Crippen LogP contribution in [0.4, 0.5) is 5.82 Å². The van der Waals surface area contributed by atoms with Gasteiger partial charge < -0.3 is 20.3 Å². The quantitative estimate of drug-likeness (QED) is 0.231. The fourth-order valence-corrected chi connectivity index (χ4v) is 5.01. The second-order valence-corrected chi connectivity index (χ2v) is 11.2. The van der Waals surface area contributed by atoms with Crippen molar-refractivity contribution in [2.24, 2.45) is 0 Å². The molecule has 0 unspecified atom stereocenters. The molecule has 5 rings (SSSR count). The highest BCUT2D eigenvalue weighted by molar-refractivity contribution is 6.00. The Labute approximate surface area is 240 Å². The molecule has 3 N–H and O–H groups in total. The summed E-state index contributed by atoms with van der Waals surface area (Å²) < 4.78 is 5.96. The van der Waals surface area contributed by atoms with Crippen molar-refractivity contribution in [1.29, 1.82) is 5.26 Å². The number of carbonyl (C=O) groups is 1. The predicted molar refractivity (Wildman–Crippen MR) is 160 cm³/mol. The van der Waals surface area contributed by atoms with E-state index in [9.17, 15) is 10.1 Å². The van der Waals surface area contributed by atoms with Crippen molar-refractivity contribution in [3.8, 4) is 28.8 Å². The van der Waals surface area contributed by atoms with Gasteiger partial charge in [0.1, 0.15) is 23.1 Å². The maximum absolute atomic E-state index is 13.4. The van der Waals surface area contributed by atoms with Crippen LogP contribution in [0.5, 0.6) is 11.5 Å². The summed E-state index contributed by atoms with van der Waals surface area (Å²) in [5.41, 5.74) is 9.24. The molecule has 9 nitrogen and oxygen atoms in total. The van der Waals surface area contributed by atoms with E-state index in [0.717, 1.165) is 46.4 Å². The minimum atomic E-state index is -0.431. The molecule has 2 aromatic heterocycles. The molecule has 210 valence electrons. The van der Waals surface area contributed by atoms with Crippen LogP contribution in [0.15, 0.2) is 72.3 Å². The number of nitrogens with zero attached hydrogens (tertiary/aromatic N) is 5. The number of pyridine rings is 1. The topological polar surface area (TPSA) is 124 Å². The molecule has 3 heterocycles. The second-order valence-electron chi connectivity index (χ2n) is 11.2. The number of hydrogen-bond donors (Lipinski definition) is 2. The van der Waals surface area contributed by atoms with Crippen LogP contribution >= 0.6 is 0 Å². The Hall–Kier alpha value is -4.68. The Kier molecular flexibility index (Phi) is 7.77. The zero-order valence-electron chi connectivity index (χ0n) is 23.9. The number of H-pyrrole nitrogens is 1. The molecule has 1 aliphatic heterocycles. The van der Waals surface area contributed by atoms with Gasteiger partial charge in [0.15, 0.2) is 5.82 Å². The number of piperidine rings is 1. The first-order valence-electron chi connectivity index (χ1n) is 13.7. The van der Waals surface area contributed by atoms with Gasteiger partial charge in [-0.25, -0.2) is 0 Å². The van der Waals surface area contributed by atoms with Gasteiger partial charge in [0, 0.05) is 35.8 Å². The molecule has 0 radical (unpaired) electrons. The highest BCUT2D eigenvalue weighted by Gasteiger charge is 2.30. The van der Waals surface area contributed by atoms with E-state index >= 15 is 0 Å². The molecule has 2 aromatic carbocycles. The Morgan fingerprint density at radius 1 is 1.17 bits per heavy atom. The van der Waals surface area contributed by atoms with Crippen molar-refractivity contribution >= 4 is 22.6 Å². The number of aromatic amines is 1. The Morgan fingerprint density at radius 3 is 2.56 bits per heavy atom. The lowest BCUT2D eigenvalue weighted by molar-refractivity contribution is -0.128. The number of rotatable bonds is 7. The van der Waals surface area contributed by atoms with Crippen molar-refractivity contribution in [3.05, 3.63) is 78.0 Å². The van der Waals surface area contributed by atoms with Gasteiger partial charge in [-0.1, -0.05) is 18.2 Å². The van der Waals surface area contributed by atoms with Crippen LogP contribution in [-0.2, 0) is 4.79 Å². The Morgan fingerprint density at radius 2 is 1.88 bits per heavy atom. The number of para-hydroxylation sites is 1. The normalized spacial score (nSPS) is 16.1. The molecule has 1 saturated heterocycles. The first-order chi connectivity index (χ1) is 19.7. The molecule has 41 heavy (non-hydrogen) atoms. The van der Waals surface area contributed by atoms with Gasteiger partial charge in [0.25, 0.3) is 5.91 Å². The van der Waals surface area contributed by atoms with Crippen LogP contribution in [0, 0.1) is 11.3 Å². The number of likely N-dealkylation sites (tertiary alicyclic amines) is 1. The van der Waals surface area contributed by atoms with Crippen molar-refractivity contribution in [3.63, 3.8) is 0 Å². The molecule has 1 aliphatic rings. The minimum Gasteiger partial charge on any atom is -0.457 e. The van der Waals surface area contributed by atoms with Gasteiger partial charge in [-0.2, -0.15) is 10.4 Å². The number of amides is 1. The number of carbonyl (C=O) groups excluding carboxylic acids is 1. The average molecular weight is 550 g/mol. The summed E-state index contributed by atoms with van der Waals surface area (Å²) in [6.07, 6.45) is 3.45. The van der Waals surface area contributed by atoms with Crippen LogP contribution in [0.3, 0.4) is 0 Å². The zero-order valence-corrected chi connectivity index (χ0v) is 23.9. The number of hydrogen-bond acceptors (Lipinski definition) is 7. The van der Waals surface area contributed by atoms with Crippen molar-refractivity contribution in [2.75, 3.05) is 32.9 Å². The van der Waals surface area contributed by atoms with Crippen LogP contribution in [0.2, 0.25) is 0 Å². The molecule has 0 aliphatic carbocycles. The maximum atomic E-state index is 13.4. The third-order valence-corrected chi connectivity index (χ3v) is 7.83. The standard InChI is InChI=1S/C32H35N7O2/c1-32(2,38(3)4)18-23(19-33)31(40)39-16-8-9-22(20-39)26-17-27-28(30(34)37-36-27)29(35-26)21-12-14-25(15-13-21)41-24-10-6-5-7-11-24/h5-7,10-15,17-18,22H,8-9,16,20H2,1-4H3,(H3,34,36,37)/t22-/m0/s1. The molecular weight excluding hydrogens is 514 g/mol. The predicted octanol–water partition coefficient (Wildman–Crippen LogP) is 5.50. The average Bonchev–Trinajstić information content (AvgIpc) is 3.36. The SMILES string of the molecule is CN(C)C(C)(C)C=C(C#N)C(=O)N1CCC[C@H](c2cc3[nH]nc(N)c3c(-c3ccc(Oc4ccccc4)cc3)n2)C1. The number of nitrogens with one attached hydrogen (secondary N) is 1. The van der Waals surface area contributed by atoms with Gasteiger partial charge >= 0.3 is 0 Å². The Balaban J connectivity index is 1.43. The number of nitrogen functional groups attached to an aromatic ring is 1. The van der Waals surface area contributed by atoms with E-state index in [1.54, 1.807) is 11.0 Å². The number of ether oxygens (including phenoxy) is 1. The Bertz CT molecular complexity index is 1620. The lowest BCUT2D eigenvalue weighted by Gasteiger charge is -2.34. The minimum absolute atomic E-state index is 0.00265. The first kappa shape index (κ1) is 27.9. The first-order valence-corrected chi connectivity index (χ1v) is 13.7. The molecule has 1 amide bonds. The largest absolute Gasteiger partial charge is 0.457 e. The number of nitriles is 1. The lowest BCUT2D eigenvalue weighted by atomic mass is 9.92. The smallest absolute Gasteiger partial charge is 0.264 e. The highest BCUT2D eigenvalue weighted by atomic mass is 16.5. The van der Waals surface area contributed by atoms with E-state index in [4.69, 9.17) is 15.5 Å². The molecule has 1 atom stereocenters. The lowest BCUT2D eigenvalue weighted by Crippen LogP contribution is -2.41. The summed E-state index contributed by atoms with van der Waals surface area (Å²) in [5, 5.41) is 17.9. The van der Waals surface area contributed by atoms with Crippen molar-refractivity contribution < 1.29 is 9.53 Å². The highest BCUT2D eigenvalue weighted by Crippen LogP contribution is 2.36. The number of likely N-dealkylation sites (N-methyl/N-ethyl adjacent to an activating group) is 1. The summed E-state index contributed by atoms with van der Waals surface area (Å²) in [6.45, 7) is 5.04. The van der Waals surface area contributed by atoms with E-state index in [1.165, 1.54) is 0 Å². The van der Waals surface area contributed by atoms with Gasteiger partial charge in [-0.05, 0) is 89.3 Å². The van der Waals surface area contributed by atoms with Crippen LogP contribution < -0.4 is 10.5 Å². The van der Waals surface area contributed by atoms with Crippen molar-refractivity contribution in [2.45, 2.75) is 38.1 Å². The summed E-state index contributed by atoms with van der Waals surface area (Å²) in [7, 11) is 3.86. The van der Waals surface area contributed by atoms with Crippen molar-refractivity contribution in [1.82, 2.24) is 25.0 Å². The van der Waals surface area contributed by atoms with Gasteiger partial charge in [-0.15, -0.1) is 0 Å². The van der Waals surface area contributed by atoms with E-state index in [-0.39, 0.29) is 17.4 Å². The summed E-state index contributed by atoms with van der Waals surface area (Å²) in [4.78, 5) is 22.3. The summed E-state index contributed by atoms with van der Waals surface area (Å²) >= 11 is 0. The number of anilines is 1. The monoisotopic (exact) mass is 549 g/mol. The van der Waals surface area contributed by atoms with E-state index < -0.39 is 5.54 Å². The van der Waals surface area contributed by atoms with E-state index in [2.05, 4.69) is 16.3 Å². The molecule has 0 bridgehead atoms. The van der Waals surface area contributed by atoms with E-state index in [0.29, 0.717) is 24.7 Å². The molecular formula is C32H35N7O2. The van der Waals surface area contributed by atoms with Crippen LogP contribution in [-0.4, -0.2) is 63.6 Å². The van der Waals surface area contributed by atoms with Gasteiger partial charge in [-0.3, -0.25) is 14.9 Å². The molecule has 1 fully saturated rings. The summed E-state index contributed by atoms with van der Waals surface area (Å²) in [6, 6.07) is 21.5. The fraction of sp³-hybridized carbons (Fsp3) is 0.312. The fourth-order valence-electron chi connectivity index (χ4n) is 5.01. The second kappa shape index (κ2) is 11.4. The van der Waals surface area contributed by atoms with Crippen LogP contribution in [0.1, 0.15) is 38.3 Å². The third kappa shape index (κ3) is 5.93. The number of aromatic nitrogens is 3. The molecule has 0 saturated carbocycles. The van der Waals surface area contributed by atoms with Crippen LogP contribution in [0.25, 0.3) is 22.2 Å². The molecule has 0 spiro atoms. The van der Waals surface area contributed by atoms with E-state index in [1.807, 2.05) is 93.5 Å². The zero-order chi connectivity index (χ0) is 29.1. The number of nitrogens with two attached hydrogens (primary N) is 1. The third-order valence-electron chi connectivity index (χ3n) is 7.83. The number of fused-ring (bicyclic) bond motifs is 1.